The largest absolute Gasteiger partial charge is 0.490 e. The minimum atomic E-state index is -0.169. The monoisotopic (exact) mass is 410 g/mol. The van der Waals surface area contributed by atoms with Crippen LogP contribution in [0.3, 0.4) is 0 Å². The highest BCUT2D eigenvalue weighted by Gasteiger charge is 2.09. The number of carbonyl (C=O) groups excluding carboxylic acids is 1. The Morgan fingerprint density at radius 2 is 1.55 bits per heavy atom. The smallest absolute Gasteiger partial charge is 0.243 e. The van der Waals surface area contributed by atoms with Gasteiger partial charge in [-0.1, -0.05) is 48.0 Å². The number of amides is 1. The van der Waals surface area contributed by atoms with E-state index in [1.807, 2.05) is 67.6 Å². The van der Waals surface area contributed by atoms with Gasteiger partial charge in [-0.2, -0.15) is 0 Å². The van der Waals surface area contributed by atoms with E-state index in [2.05, 4.69) is 10.6 Å². The molecule has 29 heavy (non-hydrogen) atoms. The molecule has 0 fully saturated rings. The van der Waals surface area contributed by atoms with Crippen LogP contribution in [0.25, 0.3) is 0 Å². The van der Waals surface area contributed by atoms with E-state index in [4.69, 9.17) is 21.1 Å². The number of anilines is 2. The molecule has 0 aliphatic rings. The number of nitrogens with one attached hydrogen (secondary N) is 2. The molecule has 0 aliphatic heterocycles. The minimum absolute atomic E-state index is 0.104. The van der Waals surface area contributed by atoms with Crippen molar-refractivity contribution in [1.82, 2.24) is 0 Å². The lowest BCUT2D eigenvalue weighted by atomic mass is 10.2. The molecular weight excluding hydrogens is 388 g/mol. The van der Waals surface area contributed by atoms with Crippen LogP contribution in [-0.4, -0.2) is 25.7 Å². The zero-order chi connectivity index (χ0) is 20.5. The molecule has 150 valence electrons. The average Bonchev–Trinajstić information content (AvgIpc) is 2.74. The first-order valence-corrected chi connectivity index (χ1v) is 9.70. The van der Waals surface area contributed by atoms with Gasteiger partial charge in [0.05, 0.1) is 12.2 Å². The second-order valence-corrected chi connectivity index (χ2v) is 6.73. The summed E-state index contributed by atoms with van der Waals surface area (Å²) in [7, 11) is 0. The lowest BCUT2D eigenvalue weighted by Crippen LogP contribution is -2.22. The highest BCUT2D eigenvalue weighted by Crippen LogP contribution is 2.25. The van der Waals surface area contributed by atoms with Gasteiger partial charge in [0.1, 0.15) is 24.7 Å². The molecule has 0 aliphatic carbocycles. The zero-order valence-corrected chi connectivity index (χ0v) is 16.9. The van der Waals surface area contributed by atoms with E-state index >= 15 is 0 Å². The van der Waals surface area contributed by atoms with E-state index in [9.17, 15) is 4.79 Å². The molecule has 0 saturated heterocycles. The topological polar surface area (TPSA) is 59.6 Å². The van der Waals surface area contributed by atoms with E-state index in [1.54, 1.807) is 12.1 Å². The van der Waals surface area contributed by atoms with Crippen molar-refractivity contribution in [2.45, 2.75) is 6.92 Å². The Morgan fingerprint density at radius 3 is 2.38 bits per heavy atom. The molecule has 0 atom stereocenters. The van der Waals surface area contributed by atoms with Crippen LogP contribution in [0, 0.1) is 6.92 Å². The Kier molecular flexibility index (Phi) is 7.36. The number of benzene rings is 3. The molecule has 0 aromatic heterocycles. The fourth-order valence-corrected chi connectivity index (χ4v) is 2.85. The van der Waals surface area contributed by atoms with Crippen molar-refractivity contribution < 1.29 is 14.3 Å². The van der Waals surface area contributed by atoms with Gasteiger partial charge in [0.25, 0.3) is 0 Å². The van der Waals surface area contributed by atoms with E-state index in [0.29, 0.717) is 29.7 Å². The van der Waals surface area contributed by atoms with Gasteiger partial charge in [0.15, 0.2) is 0 Å². The third-order valence-electron chi connectivity index (χ3n) is 4.22. The average molecular weight is 411 g/mol. The van der Waals surface area contributed by atoms with Crippen LogP contribution in [0.15, 0.2) is 72.8 Å². The molecule has 5 nitrogen and oxygen atoms in total. The van der Waals surface area contributed by atoms with Crippen molar-refractivity contribution in [3.63, 3.8) is 0 Å². The van der Waals surface area contributed by atoms with Crippen LogP contribution in [0.4, 0.5) is 11.4 Å². The van der Waals surface area contributed by atoms with Gasteiger partial charge in [0, 0.05) is 10.7 Å². The highest BCUT2D eigenvalue weighted by molar-refractivity contribution is 6.31. The lowest BCUT2D eigenvalue weighted by Gasteiger charge is -2.14. The summed E-state index contributed by atoms with van der Waals surface area (Å²) in [5.74, 6) is 1.30. The second kappa shape index (κ2) is 10.4. The molecule has 0 saturated carbocycles. The van der Waals surface area contributed by atoms with Gasteiger partial charge < -0.3 is 20.1 Å². The first kappa shape index (κ1) is 20.6. The third kappa shape index (κ3) is 6.16. The molecule has 3 aromatic rings. The van der Waals surface area contributed by atoms with Crippen LogP contribution in [0.2, 0.25) is 5.02 Å². The molecule has 0 unspecified atom stereocenters. The molecule has 0 radical (unpaired) electrons. The molecule has 0 bridgehead atoms. The van der Waals surface area contributed by atoms with Crippen LogP contribution in [-0.2, 0) is 4.79 Å². The number of rotatable bonds is 9. The Labute approximate surface area is 175 Å². The maximum atomic E-state index is 12.3. The minimum Gasteiger partial charge on any atom is -0.490 e. The molecule has 0 heterocycles. The Balaban J connectivity index is 1.49. The molecule has 3 aromatic carbocycles. The molecule has 2 N–H and O–H groups in total. The zero-order valence-electron chi connectivity index (χ0n) is 16.2. The molecule has 0 spiro atoms. The molecule has 6 heteroatoms. The van der Waals surface area contributed by atoms with E-state index in [0.717, 1.165) is 17.0 Å². The Morgan fingerprint density at radius 1 is 0.862 bits per heavy atom. The van der Waals surface area contributed by atoms with Crippen LogP contribution in [0.1, 0.15) is 5.56 Å². The summed E-state index contributed by atoms with van der Waals surface area (Å²) in [5, 5.41) is 6.60. The maximum Gasteiger partial charge on any atom is 0.243 e. The molecule has 1 amide bonds. The van der Waals surface area contributed by atoms with Gasteiger partial charge >= 0.3 is 0 Å². The fourth-order valence-electron chi connectivity index (χ4n) is 2.68. The fraction of sp³-hybridized carbons (Fsp3) is 0.174. The second-order valence-electron chi connectivity index (χ2n) is 6.32. The van der Waals surface area contributed by atoms with Crippen molar-refractivity contribution >= 4 is 28.9 Å². The lowest BCUT2D eigenvalue weighted by molar-refractivity contribution is -0.114. The summed E-state index contributed by atoms with van der Waals surface area (Å²) >= 11 is 6.10. The Hall–Kier alpha value is -3.18. The maximum absolute atomic E-state index is 12.3. The van der Waals surface area contributed by atoms with E-state index in [-0.39, 0.29) is 12.5 Å². The van der Waals surface area contributed by atoms with Gasteiger partial charge in [-0.15, -0.1) is 0 Å². The number of ether oxygens (including phenoxy) is 2. The van der Waals surface area contributed by atoms with Crippen molar-refractivity contribution in [2.24, 2.45) is 0 Å². The highest BCUT2D eigenvalue weighted by atomic mass is 35.5. The van der Waals surface area contributed by atoms with Crippen molar-refractivity contribution in [3.05, 3.63) is 83.4 Å². The summed E-state index contributed by atoms with van der Waals surface area (Å²) in [6, 6.07) is 22.5. The molecular formula is C23H23ClN2O3. The van der Waals surface area contributed by atoms with Gasteiger partial charge in [-0.05, 0) is 48.9 Å². The van der Waals surface area contributed by atoms with E-state index in [1.165, 1.54) is 0 Å². The first-order chi connectivity index (χ1) is 14.1. The quantitative estimate of drug-likeness (QED) is 0.478. The van der Waals surface area contributed by atoms with Gasteiger partial charge in [-0.3, -0.25) is 4.79 Å². The van der Waals surface area contributed by atoms with Crippen molar-refractivity contribution in [1.29, 1.82) is 0 Å². The number of halogens is 1. The molecule has 3 rings (SSSR count). The van der Waals surface area contributed by atoms with E-state index < -0.39 is 0 Å². The predicted molar refractivity (Wildman–Crippen MR) is 117 cm³/mol. The predicted octanol–water partition coefficient (Wildman–Crippen LogP) is 5.16. The normalized spacial score (nSPS) is 10.3. The summed E-state index contributed by atoms with van der Waals surface area (Å²) in [6.07, 6.45) is 0. The SMILES string of the molecule is Cc1c(Cl)cccc1NC(=O)CNc1ccccc1OCCOc1ccccc1. The summed E-state index contributed by atoms with van der Waals surface area (Å²) in [4.78, 5) is 12.3. The van der Waals surface area contributed by atoms with Crippen molar-refractivity contribution in [3.8, 4) is 11.5 Å². The van der Waals surface area contributed by atoms with Crippen LogP contribution >= 0.6 is 11.6 Å². The number of hydrogen-bond acceptors (Lipinski definition) is 4. The number of hydrogen-bond donors (Lipinski definition) is 2. The van der Waals surface area contributed by atoms with Crippen LogP contribution < -0.4 is 20.1 Å². The summed E-state index contributed by atoms with van der Waals surface area (Å²) < 4.78 is 11.4. The Bertz CT molecular complexity index is 948. The van der Waals surface area contributed by atoms with Crippen LogP contribution in [0.5, 0.6) is 11.5 Å². The van der Waals surface area contributed by atoms with Crippen molar-refractivity contribution in [2.75, 3.05) is 30.4 Å². The summed E-state index contributed by atoms with van der Waals surface area (Å²) in [6.45, 7) is 2.78. The number of carbonyl (C=O) groups is 1. The standard InChI is InChI=1S/C23H23ClN2O3/c1-17-19(24)10-7-12-20(17)26-23(27)16-25-21-11-5-6-13-22(21)29-15-14-28-18-8-3-2-4-9-18/h2-13,25H,14-16H2,1H3,(H,26,27). The number of para-hydroxylation sites is 3. The first-order valence-electron chi connectivity index (χ1n) is 9.32. The van der Waals surface area contributed by atoms with Gasteiger partial charge in [0.2, 0.25) is 5.91 Å². The third-order valence-corrected chi connectivity index (χ3v) is 4.63. The van der Waals surface area contributed by atoms with Gasteiger partial charge in [-0.25, -0.2) is 0 Å². The summed E-state index contributed by atoms with van der Waals surface area (Å²) in [5.41, 5.74) is 2.28.